The summed E-state index contributed by atoms with van der Waals surface area (Å²) in [7, 11) is 0. The van der Waals surface area contributed by atoms with Crippen molar-refractivity contribution in [1.82, 2.24) is 9.88 Å². The van der Waals surface area contributed by atoms with Crippen LogP contribution in [0.25, 0.3) is 0 Å². The zero-order valence-corrected chi connectivity index (χ0v) is 11.0. The number of ether oxygens (including phenoxy) is 1. The van der Waals surface area contributed by atoms with Crippen LogP contribution < -0.4 is 5.32 Å². The van der Waals surface area contributed by atoms with E-state index in [9.17, 15) is 0 Å². The van der Waals surface area contributed by atoms with E-state index >= 15 is 0 Å². The minimum atomic E-state index is 0.416. The molecule has 17 heavy (non-hydrogen) atoms. The smallest absolute Gasteiger partial charge is 0.0754 e. The topological polar surface area (TPSA) is 26.2 Å². The first-order chi connectivity index (χ1) is 8.31. The van der Waals surface area contributed by atoms with Crippen molar-refractivity contribution in [1.29, 1.82) is 0 Å². The molecule has 0 radical (unpaired) electrons. The molecule has 2 unspecified atom stereocenters. The molecular formula is C14H24N2O. The van der Waals surface area contributed by atoms with Gasteiger partial charge in [0.15, 0.2) is 0 Å². The van der Waals surface area contributed by atoms with Crippen molar-refractivity contribution < 1.29 is 4.74 Å². The van der Waals surface area contributed by atoms with Crippen LogP contribution in [-0.4, -0.2) is 23.8 Å². The van der Waals surface area contributed by atoms with Crippen LogP contribution >= 0.6 is 0 Å². The largest absolute Gasteiger partial charge is 0.376 e. The van der Waals surface area contributed by atoms with Crippen molar-refractivity contribution in [2.75, 3.05) is 13.2 Å². The zero-order valence-electron chi connectivity index (χ0n) is 11.0. The molecule has 1 aromatic rings. The molecule has 1 saturated heterocycles. The van der Waals surface area contributed by atoms with Gasteiger partial charge in [0.1, 0.15) is 0 Å². The first-order valence-electron chi connectivity index (χ1n) is 6.81. The Morgan fingerprint density at radius 2 is 2.47 bits per heavy atom. The second-order valence-electron chi connectivity index (χ2n) is 4.90. The van der Waals surface area contributed by atoms with Crippen molar-refractivity contribution in [3.8, 4) is 0 Å². The van der Waals surface area contributed by atoms with E-state index in [2.05, 4.69) is 42.1 Å². The highest BCUT2D eigenvalue weighted by molar-refractivity contribution is 5.11. The van der Waals surface area contributed by atoms with E-state index in [1.807, 2.05) is 0 Å². The summed E-state index contributed by atoms with van der Waals surface area (Å²) in [5.41, 5.74) is 1.37. The lowest BCUT2D eigenvalue weighted by Crippen LogP contribution is -2.24. The molecular weight excluding hydrogens is 212 g/mol. The molecule has 96 valence electrons. The van der Waals surface area contributed by atoms with Crippen LogP contribution in [0, 0.1) is 0 Å². The number of hydrogen-bond donors (Lipinski definition) is 1. The Kier molecular flexibility index (Phi) is 4.63. The normalized spacial score (nSPS) is 21.9. The maximum absolute atomic E-state index is 5.70. The number of nitrogens with one attached hydrogen (secondary N) is 1. The van der Waals surface area contributed by atoms with Crippen LogP contribution in [0.2, 0.25) is 0 Å². The van der Waals surface area contributed by atoms with E-state index in [0.717, 1.165) is 19.7 Å². The molecule has 1 aliphatic rings. The lowest BCUT2D eigenvalue weighted by molar-refractivity contribution is 0.0961. The van der Waals surface area contributed by atoms with Gasteiger partial charge in [0.25, 0.3) is 0 Å². The molecule has 0 aromatic carbocycles. The average molecular weight is 236 g/mol. The highest BCUT2D eigenvalue weighted by atomic mass is 16.5. The fraction of sp³-hybridized carbons (Fsp3) is 0.714. The number of hydrogen-bond acceptors (Lipinski definition) is 2. The second-order valence-corrected chi connectivity index (χ2v) is 4.90. The van der Waals surface area contributed by atoms with Gasteiger partial charge in [-0.05, 0) is 44.9 Å². The Labute approximate surface area is 104 Å². The highest BCUT2D eigenvalue weighted by Gasteiger charge is 2.18. The van der Waals surface area contributed by atoms with Crippen LogP contribution in [0.3, 0.4) is 0 Å². The Morgan fingerprint density at radius 1 is 1.59 bits per heavy atom. The maximum Gasteiger partial charge on any atom is 0.0754 e. The van der Waals surface area contributed by atoms with Crippen LogP contribution in [0.5, 0.6) is 0 Å². The molecule has 1 fully saturated rings. The Morgan fingerprint density at radius 3 is 3.18 bits per heavy atom. The average Bonchev–Trinajstić information content (AvgIpc) is 2.97. The highest BCUT2D eigenvalue weighted by Crippen LogP contribution is 2.18. The van der Waals surface area contributed by atoms with Gasteiger partial charge in [0.2, 0.25) is 0 Å². The third-order valence-electron chi connectivity index (χ3n) is 3.43. The van der Waals surface area contributed by atoms with Gasteiger partial charge in [0, 0.05) is 31.1 Å². The van der Waals surface area contributed by atoms with E-state index in [0.29, 0.717) is 12.1 Å². The SMILES string of the molecule is CCCNC(C)c1cccn1CC1CCCO1. The maximum atomic E-state index is 5.70. The molecule has 1 N–H and O–H groups in total. The standard InChI is InChI=1S/C14H24N2O/c1-3-8-15-12(2)14-7-4-9-16(14)11-13-6-5-10-17-13/h4,7,9,12-13,15H,3,5-6,8,10-11H2,1-2H3. The van der Waals surface area contributed by atoms with Crippen LogP contribution in [0.15, 0.2) is 18.3 Å². The molecule has 0 saturated carbocycles. The quantitative estimate of drug-likeness (QED) is 0.822. The summed E-state index contributed by atoms with van der Waals surface area (Å²) in [4.78, 5) is 0. The summed E-state index contributed by atoms with van der Waals surface area (Å²) in [6, 6.07) is 4.77. The van der Waals surface area contributed by atoms with Crippen molar-refractivity contribution in [2.24, 2.45) is 0 Å². The molecule has 0 amide bonds. The first kappa shape index (κ1) is 12.7. The number of rotatable bonds is 6. The first-order valence-corrected chi connectivity index (χ1v) is 6.81. The van der Waals surface area contributed by atoms with E-state index in [1.165, 1.54) is 25.0 Å². The van der Waals surface area contributed by atoms with Gasteiger partial charge in [-0.15, -0.1) is 0 Å². The molecule has 0 spiro atoms. The lowest BCUT2D eigenvalue weighted by atomic mass is 10.2. The summed E-state index contributed by atoms with van der Waals surface area (Å²) in [6.45, 7) is 7.44. The van der Waals surface area contributed by atoms with Gasteiger partial charge in [-0.1, -0.05) is 6.92 Å². The molecule has 0 bridgehead atoms. The molecule has 0 aliphatic carbocycles. The fourth-order valence-corrected chi connectivity index (χ4v) is 2.46. The third-order valence-corrected chi connectivity index (χ3v) is 3.43. The van der Waals surface area contributed by atoms with Crippen molar-refractivity contribution in [3.05, 3.63) is 24.0 Å². The Bertz CT molecular complexity index is 329. The van der Waals surface area contributed by atoms with Gasteiger partial charge in [-0.2, -0.15) is 0 Å². The number of nitrogens with zero attached hydrogens (tertiary/aromatic N) is 1. The fourth-order valence-electron chi connectivity index (χ4n) is 2.46. The monoisotopic (exact) mass is 236 g/mol. The van der Waals surface area contributed by atoms with Gasteiger partial charge in [-0.3, -0.25) is 0 Å². The van der Waals surface area contributed by atoms with E-state index in [-0.39, 0.29) is 0 Å². The van der Waals surface area contributed by atoms with Gasteiger partial charge in [0.05, 0.1) is 6.10 Å². The Hall–Kier alpha value is -0.800. The molecule has 3 heteroatoms. The minimum absolute atomic E-state index is 0.416. The summed E-state index contributed by atoms with van der Waals surface area (Å²) in [5, 5.41) is 3.54. The van der Waals surface area contributed by atoms with Crippen molar-refractivity contribution in [2.45, 2.75) is 51.8 Å². The van der Waals surface area contributed by atoms with Crippen molar-refractivity contribution >= 4 is 0 Å². The van der Waals surface area contributed by atoms with Gasteiger partial charge in [-0.25, -0.2) is 0 Å². The summed E-state index contributed by atoms with van der Waals surface area (Å²) in [6.07, 6.45) is 6.18. The second kappa shape index (κ2) is 6.22. The molecule has 2 heterocycles. The van der Waals surface area contributed by atoms with Gasteiger partial charge >= 0.3 is 0 Å². The van der Waals surface area contributed by atoms with E-state index < -0.39 is 0 Å². The molecule has 2 rings (SSSR count). The predicted molar refractivity (Wildman–Crippen MR) is 70.1 cm³/mol. The molecule has 1 aliphatic heterocycles. The molecule has 3 nitrogen and oxygen atoms in total. The van der Waals surface area contributed by atoms with E-state index in [4.69, 9.17) is 4.74 Å². The van der Waals surface area contributed by atoms with Crippen LogP contribution in [0.4, 0.5) is 0 Å². The van der Waals surface area contributed by atoms with Crippen LogP contribution in [0.1, 0.15) is 44.8 Å². The minimum Gasteiger partial charge on any atom is -0.376 e. The molecule has 1 aromatic heterocycles. The molecule has 2 atom stereocenters. The Balaban J connectivity index is 1.95. The summed E-state index contributed by atoms with van der Waals surface area (Å²) < 4.78 is 8.04. The van der Waals surface area contributed by atoms with Crippen LogP contribution in [-0.2, 0) is 11.3 Å². The van der Waals surface area contributed by atoms with Crippen molar-refractivity contribution in [3.63, 3.8) is 0 Å². The van der Waals surface area contributed by atoms with E-state index in [1.54, 1.807) is 0 Å². The third kappa shape index (κ3) is 3.33. The van der Waals surface area contributed by atoms with Gasteiger partial charge < -0.3 is 14.6 Å². The summed E-state index contributed by atoms with van der Waals surface area (Å²) >= 11 is 0. The lowest BCUT2D eigenvalue weighted by Gasteiger charge is -2.19. The predicted octanol–water partition coefficient (Wildman–Crippen LogP) is 2.73. The summed E-state index contributed by atoms with van der Waals surface area (Å²) in [5.74, 6) is 0. The zero-order chi connectivity index (χ0) is 12.1. The number of aromatic nitrogens is 1.